The molecule has 0 bridgehead atoms. The SMILES string of the molecule is CC[C@H]1CC(NC(C)c2cc(F)c(-c3cc(C(F)(F)F)c(OC)cn3)cc2F)=CN1. The molecule has 0 fully saturated rings. The third-order valence-electron chi connectivity index (χ3n) is 5.08. The van der Waals surface area contributed by atoms with Crippen molar-refractivity contribution in [1.29, 1.82) is 0 Å². The van der Waals surface area contributed by atoms with Gasteiger partial charge in [-0.05, 0) is 31.5 Å². The second-order valence-corrected chi connectivity index (χ2v) is 7.13. The van der Waals surface area contributed by atoms with E-state index >= 15 is 0 Å². The van der Waals surface area contributed by atoms with E-state index in [0.29, 0.717) is 12.1 Å². The average Bonchev–Trinajstić information content (AvgIpc) is 3.15. The van der Waals surface area contributed by atoms with Crippen LogP contribution in [0, 0.1) is 11.6 Å². The van der Waals surface area contributed by atoms with Crippen LogP contribution in [-0.2, 0) is 6.18 Å². The van der Waals surface area contributed by atoms with Crippen molar-refractivity contribution in [3.8, 4) is 17.0 Å². The fourth-order valence-electron chi connectivity index (χ4n) is 3.39. The summed E-state index contributed by atoms with van der Waals surface area (Å²) in [6.07, 6.45) is -0.387. The number of aromatic nitrogens is 1. The van der Waals surface area contributed by atoms with Crippen LogP contribution in [0.2, 0.25) is 0 Å². The lowest BCUT2D eigenvalue weighted by atomic mass is 10.0. The number of pyridine rings is 1. The maximum absolute atomic E-state index is 14.7. The van der Waals surface area contributed by atoms with Gasteiger partial charge in [0.15, 0.2) is 0 Å². The highest BCUT2D eigenvalue weighted by Gasteiger charge is 2.35. The summed E-state index contributed by atoms with van der Waals surface area (Å²) >= 11 is 0. The Morgan fingerprint density at radius 3 is 2.57 bits per heavy atom. The Labute approximate surface area is 171 Å². The summed E-state index contributed by atoms with van der Waals surface area (Å²) < 4.78 is 73.9. The van der Waals surface area contributed by atoms with Gasteiger partial charge in [-0.1, -0.05) is 6.92 Å². The number of halogens is 5. The molecule has 1 unspecified atom stereocenters. The largest absolute Gasteiger partial charge is 0.495 e. The summed E-state index contributed by atoms with van der Waals surface area (Å²) in [4.78, 5) is 3.81. The fourth-order valence-corrected chi connectivity index (χ4v) is 3.39. The molecule has 30 heavy (non-hydrogen) atoms. The summed E-state index contributed by atoms with van der Waals surface area (Å²) in [5.74, 6) is -2.10. The topological polar surface area (TPSA) is 46.2 Å². The molecule has 162 valence electrons. The van der Waals surface area contributed by atoms with Crippen LogP contribution in [0.5, 0.6) is 5.75 Å². The van der Waals surface area contributed by atoms with Crippen LogP contribution in [0.15, 0.2) is 36.3 Å². The lowest BCUT2D eigenvalue weighted by Gasteiger charge is -2.19. The van der Waals surface area contributed by atoms with Crippen LogP contribution in [0.4, 0.5) is 22.0 Å². The Bertz CT molecular complexity index is 958. The maximum atomic E-state index is 14.7. The zero-order chi connectivity index (χ0) is 22.1. The predicted octanol–water partition coefficient (Wildman–Crippen LogP) is 5.32. The summed E-state index contributed by atoms with van der Waals surface area (Å²) in [7, 11) is 1.08. The lowest BCUT2D eigenvalue weighted by Crippen LogP contribution is -2.20. The molecule has 1 aromatic carbocycles. The second kappa shape index (κ2) is 8.49. The molecule has 0 aliphatic carbocycles. The number of hydrogen-bond donors (Lipinski definition) is 2. The van der Waals surface area contributed by atoms with Crippen molar-refractivity contribution in [3.63, 3.8) is 0 Å². The summed E-state index contributed by atoms with van der Waals surface area (Å²) in [5, 5.41) is 6.34. The van der Waals surface area contributed by atoms with Crippen molar-refractivity contribution in [1.82, 2.24) is 15.6 Å². The summed E-state index contributed by atoms with van der Waals surface area (Å²) in [6, 6.07) is 2.27. The highest BCUT2D eigenvalue weighted by molar-refractivity contribution is 5.63. The molecule has 0 saturated heterocycles. The Morgan fingerprint density at radius 2 is 1.97 bits per heavy atom. The van der Waals surface area contributed by atoms with Crippen LogP contribution in [0.3, 0.4) is 0 Å². The third-order valence-corrected chi connectivity index (χ3v) is 5.08. The molecule has 0 amide bonds. The maximum Gasteiger partial charge on any atom is 0.420 e. The van der Waals surface area contributed by atoms with Gasteiger partial charge in [0.2, 0.25) is 0 Å². The zero-order valence-corrected chi connectivity index (χ0v) is 16.7. The molecule has 2 N–H and O–H groups in total. The average molecular weight is 427 g/mol. The number of methoxy groups -OCH3 is 1. The molecule has 1 aliphatic rings. The van der Waals surface area contributed by atoms with Crippen molar-refractivity contribution in [2.24, 2.45) is 0 Å². The Hall–Kier alpha value is -2.84. The first-order valence-corrected chi connectivity index (χ1v) is 9.46. The van der Waals surface area contributed by atoms with E-state index in [2.05, 4.69) is 20.4 Å². The van der Waals surface area contributed by atoms with Crippen molar-refractivity contribution < 1.29 is 26.7 Å². The molecule has 0 spiro atoms. The highest BCUT2D eigenvalue weighted by Crippen LogP contribution is 2.38. The van der Waals surface area contributed by atoms with Gasteiger partial charge in [-0.25, -0.2) is 8.78 Å². The van der Waals surface area contributed by atoms with Gasteiger partial charge in [0.1, 0.15) is 22.9 Å². The molecule has 1 aromatic heterocycles. The third kappa shape index (κ3) is 4.49. The van der Waals surface area contributed by atoms with Gasteiger partial charge in [-0.2, -0.15) is 13.2 Å². The van der Waals surface area contributed by atoms with Gasteiger partial charge in [0.25, 0.3) is 0 Å². The number of nitrogens with one attached hydrogen (secondary N) is 2. The minimum atomic E-state index is -4.73. The van der Waals surface area contributed by atoms with Crippen LogP contribution < -0.4 is 15.4 Å². The van der Waals surface area contributed by atoms with E-state index in [0.717, 1.165) is 44.0 Å². The molecule has 2 aromatic rings. The molecule has 2 atom stereocenters. The van der Waals surface area contributed by atoms with Crippen LogP contribution >= 0.6 is 0 Å². The number of rotatable bonds is 6. The number of nitrogens with zero attached hydrogens (tertiary/aromatic N) is 1. The van der Waals surface area contributed by atoms with E-state index in [1.807, 2.05) is 13.1 Å². The summed E-state index contributed by atoms with van der Waals surface area (Å²) in [5.41, 5.74) is -0.851. The van der Waals surface area contributed by atoms with Gasteiger partial charge < -0.3 is 15.4 Å². The molecule has 0 radical (unpaired) electrons. The molecule has 3 rings (SSSR count). The second-order valence-electron chi connectivity index (χ2n) is 7.13. The molecule has 4 nitrogen and oxygen atoms in total. The van der Waals surface area contributed by atoms with E-state index in [-0.39, 0.29) is 16.8 Å². The molecule has 2 heterocycles. The van der Waals surface area contributed by atoms with Gasteiger partial charge in [-0.3, -0.25) is 4.98 Å². The minimum absolute atomic E-state index is 0.0710. The zero-order valence-electron chi connectivity index (χ0n) is 16.7. The van der Waals surface area contributed by atoms with Gasteiger partial charge in [0, 0.05) is 35.5 Å². The van der Waals surface area contributed by atoms with E-state index in [4.69, 9.17) is 0 Å². The molecule has 1 aliphatic heterocycles. The first kappa shape index (κ1) is 21.9. The molecule has 0 saturated carbocycles. The van der Waals surface area contributed by atoms with Crippen molar-refractivity contribution >= 4 is 0 Å². The lowest BCUT2D eigenvalue weighted by molar-refractivity contribution is -0.138. The monoisotopic (exact) mass is 427 g/mol. The molecule has 9 heteroatoms. The van der Waals surface area contributed by atoms with E-state index in [1.165, 1.54) is 0 Å². The van der Waals surface area contributed by atoms with Crippen molar-refractivity contribution in [2.75, 3.05) is 7.11 Å². The molecular formula is C21H22F5N3O. The van der Waals surface area contributed by atoms with Crippen LogP contribution in [0.1, 0.15) is 43.9 Å². The number of ether oxygens (including phenoxy) is 1. The van der Waals surface area contributed by atoms with Gasteiger partial charge in [-0.15, -0.1) is 0 Å². The number of alkyl halides is 3. The molecular weight excluding hydrogens is 405 g/mol. The Balaban J connectivity index is 1.90. The minimum Gasteiger partial charge on any atom is -0.495 e. The normalized spacial score (nSPS) is 17.3. The van der Waals surface area contributed by atoms with Crippen LogP contribution in [-0.4, -0.2) is 18.1 Å². The van der Waals surface area contributed by atoms with Crippen LogP contribution in [0.25, 0.3) is 11.3 Å². The quantitative estimate of drug-likeness (QED) is 0.613. The number of hydrogen-bond acceptors (Lipinski definition) is 4. The van der Waals surface area contributed by atoms with Crippen molar-refractivity contribution in [2.45, 2.75) is 44.9 Å². The van der Waals surface area contributed by atoms with E-state index < -0.39 is 35.2 Å². The number of benzene rings is 1. The van der Waals surface area contributed by atoms with Gasteiger partial charge in [0.05, 0.1) is 25.0 Å². The standard InChI is InChI=1S/C21H22F5N3O/c1-4-12-5-13(9-27-12)29-11(2)14-6-18(23)15(7-17(14)22)19-8-16(21(24,25)26)20(30-3)10-28-19/h6-12,27,29H,4-5H2,1-3H3/t11?,12-/m0/s1. The summed E-state index contributed by atoms with van der Waals surface area (Å²) in [6.45, 7) is 3.73. The smallest absolute Gasteiger partial charge is 0.420 e. The predicted molar refractivity (Wildman–Crippen MR) is 103 cm³/mol. The Morgan fingerprint density at radius 1 is 1.23 bits per heavy atom. The first-order valence-electron chi connectivity index (χ1n) is 9.46. The first-order chi connectivity index (χ1) is 14.1. The fraction of sp³-hybridized carbons (Fsp3) is 0.381. The Kier molecular flexibility index (Phi) is 6.19. The van der Waals surface area contributed by atoms with E-state index in [1.54, 1.807) is 6.92 Å². The van der Waals surface area contributed by atoms with Crippen molar-refractivity contribution in [3.05, 3.63) is 59.1 Å². The highest BCUT2D eigenvalue weighted by atomic mass is 19.4. The van der Waals surface area contributed by atoms with Gasteiger partial charge >= 0.3 is 6.18 Å². The van der Waals surface area contributed by atoms with E-state index in [9.17, 15) is 22.0 Å².